The summed E-state index contributed by atoms with van der Waals surface area (Å²) in [6.45, 7) is 2.06. The average Bonchev–Trinajstić information content (AvgIpc) is 2.43. The topological polar surface area (TPSA) is 41.1 Å². The standard InChI is InChI=1S/C15H14Cl2N2O/c1-10-5-2-3-7-12(10)19-14(20)9-18-13-8-4-6-11(16)15(13)17/h2-8,18H,9H2,1H3,(H,19,20). The van der Waals surface area contributed by atoms with Crippen molar-refractivity contribution in [1.29, 1.82) is 0 Å². The van der Waals surface area contributed by atoms with Crippen molar-refractivity contribution in [3.63, 3.8) is 0 Å². The van der Waals surface area contributed by atoms with Crippen molar-refractivity contribution in [2.24, 2.45) is 0 Å². The van der Waals surface area contributed by atoms with E-state index in [0.717, 1.165) is 11.3 Å². The number of aryl methyl sites for hydroxylation is 1. The molecular formula is C15H14Cl2N2O. The van der Waals surface area contributed by atoms with Gasteiger partial charge in [-0.15, -0.1) is 0 Å². The fraction of sp³-hybridized carbons (Fsp3) is 0.133. The van der Waals surface area contributed by atoms with Gasteiger partial charge in [0.1, 0.15) is 0 Å². The molecule has 0 aromatic heterocycles. The molecule has 0 saturated carbocycles. The molecule has 5 heteroatoms. The van der Waals surface area contributed by atoms with Crippen molar-refractivity contribution < 1.29 is 4.79 Å². The number of benzene rings is 2. The molecule has 0 aliphatic heterocycles. The van der Waals surface area contributed by atoms with Gasteiger partial charge >= 0.3 is 0 Å². The van der Waals surface area contributed by atoms with Crippen LogP contribution in [-0.4, -0.2) is 12.5 Å². The Balaban J connectivity index is 1.96. The number of nitrogens with one attached hydrogen (secondary N) is 2. The largest absolute Gasteiger partial charge is 0.375 e. The monoisotopic (exact) mass is 308 g/mol. The van der Waals surface area contributed by atoms with Crippen LogP contribution >= 0.6 is 23.2 Å². The van der Waals surface area contributed by atoms with Crippen LogP contribution in [0, 0.1) is 6.92 Å². The molecule has 2 aromatic carbocycles. The van der Waals surface area contributed by atoms with Gasteiger partial charge in [0.05, 0.1) is 22.3 Å². The summed E-state index contributed by atoms with van der Waals surface area (Å²) in [5.41, 5.74) is 2.46. The third-order valence-electron chi connectivity index (χ3n) is 2.81. The highest BCUT2D eigenvalue weighted by Crippen LogP contribution is 2.29. The van der Waals surface area contributed by atoms with E-state index < -0.39 is 0 Å². The number of carbonyl (C=O) groups is 1. The predicted octanol–water partition coefficient (Wildman–Crippen LogP) is 4.35. The molecule has 0 atom stereocenters. The molecule has 20 heavy (non-hydrogen) atoms. The lowest BCUT2D eigenvalue weighted by Gasteiger charge is -2.11. The smallest absolute Gasteiger partial charge is 0.243 e. The summed E-state index contributed by atoms with van der Waals surface area (Å²) >= 11 is 11.9. The zero-order valence-electron chi connectivity index (χ0n) is 10.9. The lowest BCUT2D eigenvalue weighted by atomic mass is 10.2. The molecule has 2 N–H and O–H groups in total. The highest BCUT2D eigenvalue weighted by atomic mass is 35.5. The van der Waals surface area contributed by atoms with E-state index in [1.807, 2.05) is 31.2 Å². The number of para-hydroxylation sites is 1. The third-order valence-corrected chi connectivity index (χ3v) is 3.63. The summed E-state index contributed by atoms with van der Waals surface area (Å²) in [7, 11) is 0. The summed E-state index contributed by atoms with van der Waals surface area (Å²) in [6, 6.07) is 12.9. The summed E-state index contributed by atoms with van der Waals surface area (Å²) in [6.07, 6.45) is 0. The van der Waals surface area contributed by atoms with E-state index in [9.17, 15) is 4.79 Å². The molecule has 0 saturated heterocycles. The quantitative estimate of drug-likeness (QED) is 0.881. The fourth-order valence-corrected chi connectivity index (χ4v) is 2.09. The van der Waals surface area contributed by atoms with E-state index in [-0.39, 0.29) is 12.5 Å². The molecule has 0 aliphatic carbocycles. The van der Waals surface area contributed by atoms with Crippen molar-refractivity contribution in [3.05, 3.63) is 58.1 Å². The number of halogens is 2. The molecule has 0 aliphatic rings. The minimum Gasteiger partial charge on any atom is -0.375 e. The van der Waals surface area contributed by atoms with E-state index >= 15 is 0 Å². The van der Waals surface area contributed by atoms with Crippen LogP contribution in [0.15, 0.2) is 42.5 Å². The Morgan fingerprint density at radius 3 is 2.50 bits per heavy atom. The maximum atomic E-state index is 11.9. The number of hydrogen-bond donors (Lipinski definition) is 2. The maximum Gasteiger partial charge on any atom is 0.243 e. The van der Waals surface area contributed by atoms with Gasteiger partial charge in [-0.05, 0) is 30.7 Å². The van der Waals surface area contributed by atoms with Crippen molar-refractivity contribution in [3.8, 4) is 0 Å². The van der Waals surface area contributed by atoms with E-state index in [2.05, 4.69) is 10.6 Å². The molecule has 0 unspecified atom stereocenters. The Morgan fingerprint density at radius 1 is 1.05 bits per heavy atom. The summed E-state index contributed by atoms with van der Waals surface area (Å²) in [5, 5.41) is 6.67. The van der Waals surface area contributed by atoms with Gasteiger partial charge in [-0.25, -0.2) is 0 Å². The first-order valence-corrected chi connectivity index (χ1v) is 6.87. The van der Waals surface area contributed by atoms with Crippen LogP contribution < -0.4 is 10.6 Å². The Hall–Kier alpha value is -1.71. The highest BCUT2D eigenvalue weighted by molar-refractivity contribution is 6.43. The van der Waals surface area contributed by atoms with E-state index in [1.165, 1.54) is 0 Å². The molecule has 2 aromatic rings. The molecule has 0 bridgehead atoms. The molecule has 0 radical (unpaired) electrons. The number of carbonyl (C=O) groups excluding carboxylic acids is 1. The average molecular weight is 309 g/mol. The predicted molar refractivity (Wildman–Crippen MR) is 84.8 cm³/mol. The molecular weight excluding hydrogens is 295 g/mol. The molecule has 1 amide bonds. The van der Waals surface area contributed by atoms with Crippen molar-refractivity contribution >= 4 is 40.5 Å². The highest BCUT2D eigenvalue weighted by Gasteiger charge is 2.07. The molecule has 2 rings (SSSR count). The van der Waals surface area contributed by atoms with E-state index in [0.29, 0.717) is 15.7 Å². The third kappa shape index (κ3) is 3.65. The fourth-order valence-electron chi connectivity index (χ4n) is 1.72. The Morgan fingerprint density at radius 2 is 1.75 bits per heavy atom. The molecule has 0 heterocycles. The van der Waals surface area contributed by atoms with Gasteiger partial charge in [-0.2, -0.15) is 0 Å². The summed E-state index contributed by atoms with van der Waals surface area (Å²) < 4.78 is 0. The van der Waals surface area contributed by atoms with E-state index in [1.54, 1.807) is 18.2 Å². The van der Waals surface area contributed by atoms with Crippen LogP contribution in [0.5, 0.6) is 0 Å². The number of hydrogen-bond acceptors (Lipinski definition) is 2. The molecule has 0 spiro atoms. The lowest BCUT2D eigenvalue weighted by Crippen LogP contribution is -2.22. The number of rotatable bonds is 4. The van der Waals surface area contributed by atoms with Crippen LogP contribution in [-0.2, 0) is 4.79 Å². The van der Waals surface area contributed by atoms with Gasteiger partial charge in [0.2, 0.25) is 5.91 Å². The summed E-state index contributed by atoms with van der Waals surface area (Å²) in [4.78, 5) is 11.9. The second-order valence-corrected chi connectivity index (χ2v) is 5.10. The Bertz CT molecular complexity index is 629. The second-order valence-electron chi connectivity index (χ2n) is 4.32. The lowest BCUT2D eigenvalue weighted by molar-refractivity contribution is -0.114. The molecule has 104 valence electrons. The maximum absolute atomic E-state index is 11.9. The first-order valence-electron chi connectivity index (χ1n) is 6.11. The van der Waals surface area contributed by atoms with Crippen LogP contribution in [0.3, 0.4) is 0 Å². The van der Waals surface area contributed by atoms with E-state index in [4.69, 9.17) is 23.2 Å². The number of anilines is 2. The minimum absolute atomic E-state index is 0.119. The van der Waals surface area contributed by atoms with Gasteiger partial charge in [0.15, 0.2) is 0 Å². The molecule has 3 nitrogen and oxygen atoms in total. The first kappa shape index (κ1) is 14.7. The van der Waals surface area contributed by atoms with Gasteiger partial charge in [-0.3, -0.25) is 4.79 Å². The van der Waals surface area contributed by atoms with Crippen molar-refractivity contribution in [2.45, 2.75) is 6.92 Å². The SMILES string of the molecule is Cc1ccccc1NC(=O)CNc1cccc(Cl)c1Cl. The minimum atomic E-state index is -0.143. The second kappa shape index (κ2) is 6.64. The van der Waals surface area contributed by atoms with Crippen LogP contribution in [0.4, 0.5) is 11.4 Å². The Kier molecular flexibility index (Phi) is 4.88. The van der Waals surface area contributed by atoms with Gasteiger partial charge in [-0.1, -0.05) is 47.5 Å². The Labute approximate surface area is 127 Å². The van der Waals surface area contributed by atoms with Crippen molar-refractivity contribution in [1.82, 2.24) is 0 Å². The van der Waals surface area contributed by atoms with Gasteiger partial charge in [0, 0.05) is 5.69 Å². The van der Waals surface area contributed by atoms with Gasteiger partial charge in [0.25, 0.3) is 0 Å². The zero-order chi connectivity index (χ0) is 14.5. The summed E-state index contributed by atoms with van der Waals surface area (Å²) in [5.74, 6) is -0.143. The zero-order valence-corrected chi connectivity index (χ0v) is 12.4. The first-order chi connectivity index (χ1) is 9.58. The van der Waals surface area contributed by atoms with Crippen LogP contribution in [0.2, 0.25) is 10.0 Å². The van der Waals surface area contributed by atoms with Crippen molar-refractivity contribution in [2.75, 3.05) is 17.2 Å². The van der Waals surface area contributed by atoms with Crippen LogP contribution in [0.1, 0.15) is 5.56 Å². The number of amides is 1. The van der Waals surface area contributed by atoms with Gasteiger partial charge < -0.3 is 10.6 Å². The van der Waals surface area contributed by atoms with Crippen LogP contribution in [0.25, 0.3) is 0 Å². The molecule has 0 fully saturated rings. The normalized spacial score (nSPS) is 10.2.